The van der Waals surface area contributed by atoms with E-state index in [-0.39, 0.29) is 0 Å². The van der Waals surface area contributed by atoms with Gasteiger partial charge in [0.2, 0.25) is 0 Å². The first kappa shape index (κ1) is 7.61. The van der Waals surface area contributed by atoms with Crippen LogP contribution in [0, 0.1) is 18.8 Å². The van der Waals surface area contributed by atoms with E-state index >= 15 is 0 Å². The topological polar surface area (TPSA) is 0 Å². The van der Waals surface area contributed by atoms with Crippen LogP contribution in [-0.4, -0.2) is 0 Å². The molecule has 0 rings (SSSR count). The normalized spacial score (nSPS) is 15.5. The zero-order valence-electron chi connectivity index (χ0n) is 6.02. The van der Waals surface area contributed by atoms with Gasteiger partial charge in [0.15, 0.2) is 0 Å². The minimum Gasteiger partial charge on any atom is -0.0815 e. The molecule has 1 unspecified atom stereocenters. The van der Waals surface area contributed by atoms with E-state index in [1.54, 1.807) is 0 Å². The molecule has 0 nitrogen and oxygen atoms in total. The highest BCUT2D eigenvalue weighted by Gasteiger charge is 1.91. The molecule has 0 heterocycles. The fourth-order valence-corrected chi connectivity index (χ4v) is 0.412. The number of hydrogen-bond donors (Lipinski definition) is 0. The Kier molecular flexibility index (Phi) is 3.42. The van der Waals surface area contributed by atoms with Gasteiger partial charge in [0.05, 0.1) is 6.92 Å². The van der Waals surface area contributed by atoms with E-state index in [1.807, 2.05) is 0 Å². The molecule has 0 N–H and O–H groups in total. The lowest BCUT2D eigenvalue weighted by molar-refractivity contribution is 0.809. The van der Waals surface area contributed by atoms with Crippen LogP contribution in [0.15, 0.2) is 12.2 Å². The smallest absolute Gasteiger partial charge is 0.0815 e. The Hall–Kier alpha value is -0.390. The largest absolute Gasteiger partial charge is 0.110 e. The van der Waals surface area contributed by atoms with Crippen LogP contribution in [-0.2, 0) is 0 Å². The zero-order valence-corrected chi connectivity index (χ0v) is 6.02. The van der Waals surface area contributed by atoms with Crippen LogP contribution in [0.2, 0.25) is 0 Å². The van der Waals surface area contributed by atoms with E-state index in [0.29, 0.717) is 11.8 Å². The highest BCUT2D eigenvalue weighted by atomic mass is 13.9. The van der Waals surface area contributed by atoms with Crippen molar-refractivity contribution in [3.63, 3.8) is 0 Å². The molecule has 0 saturated heterocycles. The van der Waals surface area contributed by atoms with E-state index in [2.05, 4.69) is 39.8 Å². The summed E-state index contributed by atoms with van der Waals surface area (Å²) in [6.45, 7) is 10.2. The molecule has 0 aliphatic heterocycles. The molecule has 1 atom stereocenters. The molecule has 0 aromatic rings. The fraction of sp³-hybridized carbons (Fsp3) is 0.625. The van der Waals surface area contributed by atoms with Gasteiger partial charge < -0.3 is 0 Å². The molecule has 0 radical (unpaired) electrons. The second kappa shape index (κ2) is 3.59. The van der Waals surface area contributed by atoms with Crippen LogP contribution in [0.5, 0.6) is 0 Å². The van der Waals surface area contributed by atoms with Gasteiger partial charge in [0.25, 0.3) is 0 Å². The second-order valence-electron chi connectivity index (χ2n) is 2.61. The maximum absolute atomic E-state index is 3.82. The van der Waals surface area contributed by atoms with Crippen molar-refractivity contribution in [1.29, 1.82) is 0 Å². The van der Waals surface area contributed by atoms with Gasteiger partial charge in [-0.3, -0.25) is 0 Å². The summed E-state index contributed by atoms with van der Waals surface area (Å²) in [5.74, 6) is 1.12. The van der Waals surface area contributed by atoms with E-state index in [9.17, 15) is 0 Å². The van der Waals surface area contributed by atoms with Crippen molar-refractivity contribution in [2.45, 2.75) is 20.8 Å². The summed E-state index contributed by atoms with van der Waals surface area (Å²) in [4.78, 5) is 0. The number of rotatable bonds is 2. The molecule has 0 aromatic heterocycles. The molecule has 8 heavy (non-hydrogen) atoms. The van der Waals surface area contributed by atoms with Gasteiger partial charge in [-0.2, -0.15) is 0 Å². The Bertz CT molecular complexity index is 58.1. The lowest BCUT2D eigenvalue weighted by Crippen LogP contribution is -1.82. The lowest BCUT2D eigenvalue weighted by atomic mass is 10.1. The molecule has 0 aromatic carbocycles. The second-order valence-corrected chi connectivity index (χ2v) is 2.61. The molecule has 0 aliphatic carbocycles. The number of hydrogen-bond acceptors (Lipinski definition) is 0. The van der Waals surface area contributed by atoms with Gasteiger partial charge >= 0.3 is 0 Å². The summed E-state index contributed by atoms with van der Waals surface area (Å²) >= 11 is 0. The molecule has 0 bridgehead atoms. The van der Waals surface area contributed by atoms with Crippen molar-refractivity contribution in [2.75, 3.05) is 0 Å². The van der Waals surface area contributed by atoms with Crippen LogP contribution >= 0.6 is 0 Å². The van der Waals surface area contributed by atoms with Gasteiger partial charge in [0, 0.05) is 0 Å². The Balaban J connectivity index is 3.34. The molecule has 0 aliphatic rings. The molecule has 0 spiro atoms. The van der Waals surface area contributed by atoms with Gasteiger partial charge in [-0.15, -0.1) is 0 Å². The van der Waals surface area contributed by atoms with Crippen LogP contribution in [0.3, 0.4) is 0 Å². The van der Waals surface area contributed by atoms with Crippen molar-refractivity contribution in [1.82, 2.24) is 0 Å². The van der Waals surface area contributed by atoms with Crippen LogP contribution < -0.4 is 0 Å². The average Bonchev–Trinajstić information content (AvgIpc) is 1.61. The first-order valence-electron chi connectivity index (χ1n) is 3.14. The third kappa shape index (κ3) is 5.61. The maximum atomic E-state index is 3.82. The third-order valence-corrected chi connectivity index (χ3v) is 0.825. The Morgan fingerprint density at radius 1 is 1.12 bits per heavy atom. The Morgan fingerprint density at radius 3 is 1.75 bits per heavy atom. The van der Waals surface area contributed by atoms with E-state index in [0.717, 1.165) is 0 Å². The summed E-state index contributed by atoms with van der Waals surface area (Å²) in [5, 5.41) is 0. The van der Waals surface area contributed by atoms with Gasteiger partial charge in [-0.05, 0) is 18.9 Å². The van der Waals surface area contributed by atoms with Crippen molar-refractivity contribution < 1.29 is 0 Å². The highest BCUT2D eigenvalue weighted by Crippen LogP contribution is 1.98. The van der Waals surface area contributed by atoms with Gasteiger partial charge in [-0.25, -0.2) is 0 Å². The van der Waals surface area contributed by atoms with E-state index in [1.165, 1.54) is 0 Å². The Labute approximate surface area is 52.6 Å². The summed E-state index contributed by atoms with van der Waals surface area (Å²) in [6, 6.07) is 0. The highest BCUT2D eigenvalue weighted by molar-refractivity contribution is 4.89. The predicted octanol–water partition coefficient (Wildman–Crippen LogP) is 2.67. The molecule has 0 saturated carbocycles. The van der Waals surface area contributed by atoms with Gasteiger partial charge in [-0.1, -0.05) is 19.9 Å². The van der Waals surface area contributed by atoms with Crippen molar-refractivity contribution in [2.24, 2.45) is 11.8 Å². The molecular formula is C8H15+. The standard InChI is InChI=1S/C8H15/c1-7(2)5-6-8(3)4/h5-8H,1H2,2-4H3/q+1/b6-5-. The first-order chi connectivity index (χ1) is 3.63. The monoisotopic (exact) mass is 111 g/mol. The van der Waals surface area contributed by atoms with Gasteiger partial charge in [0.1, 0.15) is 5.92 Å². The Morgan fingerprint density at radius 2 is 1.62 bits per heavy atom. The zero-order chi connectivity index (χ0) is 6.57. The average molecular weight is 111 g/mol. The number of allylic oxidation sites excluding steroid dienone is 2. The molecular weight excluding hydrogens is 96.1 g/mol. The van der Waals surface area contributed by atoms with Crippen molar-refractivity contribution in [3.8, 4) is 0 Å². The minimum atomic E-state index is 0.456. The molecule has 0 amide bonds. The van der Waals surface area contributed by atoms with Crippen molar-refractivity contribution in [3.05, 3.63) is 19.1 Å². The van der Waals surface area contributed by atoms with E-state index < -0.39 is 0 Å². The molecule has 0 fully saturated rings. The summed E-state index contributed by atoms with van der Waals surface area (Å²) in [7, 11) is 0. The molecule has 46 valence electrons. The SMILES string of the molecule is [CH2+]C(C)/C=C\C(C)C. The molecule has 0 heteroatoms. The van der Waals surface area contributed by atoms with Crippen LogP contribution in [0.25, 0.3) is 0 Å². The third-order valence-electron chi connectivity index (χ3n) is 0.825. The van der Waals surface area contributed by atoms with Crippen LogP contribution in [0.1, 0.15) is 20.8 Å². The predicted molar refractivity (Wildman–Crippen MR) is 38.5 cm³/mol. The summed E-state index contributed by atoms with van der Waals surface area (Å²) < 4.78 is 0. The maximum Gasteiger partial charge on any atom is 0.110 e. The van der Waals surface area contributed by atoms with Crippen molar-refractivity contribution >= 4 is 0 Å². The fourth-order valence-electron chi connectivity index (χ4n) is 0.412. The summed E-state index contributed by atoms with van der Waals surface area (Å²) in [6.07, 6.45) is 4.31. The quantitative estimate of drug-likeness (QED) is 0.379. The van der Waals surface area contributed by atoms with E-state index in [4.69, 9.17) is 0 Å². The minimum absolute atomic E-state index is 0.456. The lowest BCUT2D eigenvalue weighted by Gasteiger charge is -1.91. The first-order valence-corrected chi connectivity index (χ1v) is 3.14. The summed E-state index contributed by atoms with van der Waals surface area (Å²) in [5.41, 5.74) is 0. The van der Waals surface area contributed by atoms with Crippen LogP contribution in [0.4, 0.5) is 0 Å².